The van der Waals surface area contributed by atoms with Gasteiger partial charge in [-0.3, -0.25) is 9.59 Å². The van der Waals surface area contributed by atoms with Gasteiger partial charge in [-0.1, -0.05) is 164 Å². The Morgan fingerprint density at radius 3 is 0.663 bits per heavy atom. The topological polar surface area (TPSA) is 76.8 Å². The molecule has 0 fully saturated rings. The summed E-state index contributed by atoms with van der Waals surface area (Å²) in [6.07, 6.45) is 0. The Kier molecular flexibility index (Phi) is 10.4. The number of para-hydroxylation sites is 9. The van der Waals surface area contributed by atoms with E-state index in [0.29, 0.717) is 17.1 Å². The standard InChI is InChI=1S/C90H57N9O2/c1-91-67-34-16-8-26-51(67)59-42-63-55-30-12-20-38-71(55)96(79(63)46-75(59)91)85-83-84(90(101)95(89(83)100)50-24-6-5-7-25-50)86(97-72-39-21-13-31-56(72)64-43-60-52-27-9-17-35-68(52)92(2)76(60)47-80(64)97)88(99-74-41-23-15-33-58(74)66-45-62-54-29-11-19-37-70(54)94(4)78(62)49-82(66)99)87(85)98-73-40-22-14-32-57(73)65-44-61-53-28-10-18-36-69(53)93(3)77(61)48-81(65)98/h5-49H,1-4H3. The molecule has 14 aromatic carbocycles. The number of aryl methyl sites for hydroxylation is 4. The van der Waals surface area contributed by atoms with Crippen molar-refractivity contribution in [1.82, 2.24) is 36.5 Å². The molecule has 0 radical (unpaired) electrons. The number of nitrogens with zero attached hydrogens (tertiary/aromatic N) is 9. The van der Waals surface area contributed by atoms with E-state index in [2.05, 4.69) is 307 Å². The average molecular weight is 1300 g/mol. The molecule has 474 valence electrons. The van der Waals surface area contributed by atoms with E-state index in [0.717, 1.165) is 186 Å². The van der Waals surface area contributed by atoms with Gasteiger partial charge >= 0.3 is 0 Å². The molecule has 101 heavy (non-hydrogen) atoms. The Balaban J connectivity index is 1.04. The van der Waals surface area contributed by atoms with Gasteiger partial charge in [0.15, 0.2) is 0 Å². The predicted molar refractivity (Wildman–Crippen MR) is 417 cm³/mol. The van der Waals surface area contributed by atoms with Crippen molar-refractivity contribution in [2.45, 2.75) is 0 Å². The number of imide groups is 1. The number of anilines is 1. The lowest BCUT2D eigenvalue weighted by molar-refractivity contribution is 0.0926. The van der Waals surface area contributed by atoms with Gasteiger partial charge in [-0.2, -0.15) is 0 Å². The van der Waals surface area contributed by atoms with Gasteiger partial charge in [0.2, 0.25) is 0 Å². The molecule has 23 rings (SSSR count). The van der Waals surface area contributed by atoms with Gasteiger partial charge in [0.1, 0.15) is 0 Å². The Morgan fingerprint density at radius 1 is 0.188 bits per heavy atom. The molecule has 8 aromatic heterocycles. The maximum absolute atomic E-state index is 17.7. The third-order valence-corrected chi connectivity index (χ3v) is 23.0. The molecule has 22 aromatic rings. The molecule has 9 heterocycles. The lowest BCUT2D eigenvalue weighted by atomic mass is 9.98. The second-order valence-electron chi connectivity index (χ2n) is 27.7. The number of fused-ring (bicyclic) bond motifs is 25. The summed E-state index contributed by atoms with van der Waals surface area (Å²) in [5, 5.41) is 17.4. The van der Waals surface area contributed by atoms with E-state index in [1.54, 1.807) is 0 Å². The van der Waals surface area contributed by atoms with Crippen molar-refractivity contribution in [3.05, 3.63) is 284 Å². The molecule has 0 saturated carbocycles. The minimum Gasteiger partial charge on any atom is -0.344 e. The first kappa shape index (κ1) is 54.7. The average Bonchev–Trinajstić information content (AvgIpc) is 1.51. The third-order valence-electron chi connectivity index (χ3n) is 23.0. The molecular weight excluding hydrogens is 1240 g/mol. The minimum absolute atomic E-state index is 0.289. The summed E-state index contributed by atoms with van der Waals surface area (Å²) in [6, 6.07) is 97.9. The van der Waals surface area contributed by atoms with Crippen LogP contribution in [0.4, 0.5) is 5.69 Å². The summed E-state index contributed by atoms with van der Waals surface area (Å²) in [5.41, 5.74) is 19.6. The first-order valence-electron chi connectivity index (χ1n) is 34.5. The van der Waals surface area contributed by atoms with Gasteiger partial charge in [0.05, 0.1) is 106 Å². The zero-order valence-corrected chi connectivity index (χ0v) is 55.3. The molecule has 0 bridgehead atoms. The summed E-state index contributed by atoms with van der Waals surface area (Å²) in [6.45, 7) is 0. The van der Waals surface area contributed by atoms with Crippen molar-refractivity contribution in [3.63, 3.8) is 0 Å². The Bertz CT molecular complexity index is 7190. The molecule has 1 aliphatic heterocycles. The summed E-state index contributed by atoms with van der Waals surface area (Å²) in [4.78, 5) is 36.8. The molecule has 0 saturated heterocycles. The summed E-state index contributed by atoms with van der Waals surface area (Å²) >= 11 is 0. The van der Waals surface area contributed by atoms with Crippen molar-refractivity contribution in [2.75, 3.05) is 4.90 Å². The van der Waals surface area contributed by atoms with Gasteiger partial charge in [0, 0.05) is 136 Å². The van der Waals surface area contributed by atoms with Crippen LogP contribution in [-0.4, -0.2) is 48.4 Å². The van der Waals surface area contributed by atoms with Crippen molar-refractivity contribution in [2.24, 2.45) is 28.2 Å². The van der Waals surface area contributed by atoms with E-state index < -0.39 is 11.8 Å². The summed E-state index contributed by atoms with van der Waals surface area (Å²) in [5.74, 6) is -0.852. The summed E-state index contributed by atoms with van der Waals surface area (Å²) in [7, 11) is 8.64. The number of benzene rings is 14. The number of aromatic nitrogens is 8. The van der Waals surface area contributed by atoms with Crippen LogP contribution in [-0.2, 0) is 28.2 Å². The van der Waals surface area contributed by atoms with E-state index in [1.807, 2.05) is 30.3 Å². The van der Waals surface area contributed by atoms with Crippen LogP contribution in [0.25, 0.3) is 197 Å². The predicted octanol–water partition coefficient (Wildman–Crippen LogP) is 21.5. The van der Waals surface area contributed by atoms with Crippen molar-refractivity contribution < 1.29 is 9.59 Å². The Labute approximate surface area is 574 Å². The van der Waals surface area contributed by atoms with Crippen molar-refractivity contribution in [3.8, 4) is 22.7 Å². The molecule has 0 unspecified atom stereocenters. The maximum Gasteiger partial charge on any atom is 0.268 e. The lowest BCUT2D eigenvalue weighted by Gasteiger charge is -2.28. The van der Waals surface area contributed by atoms with Gasteiger partial charge in [-0.15, -0.1) is 0 Å². The fourth-order valence-electron chi connectivity index (χ4n) is 18.5. The smallest absolute Gasteiger partial charge is 0.268 e. The fourth-order valence-corrected chi connectivity index (χ4v) is 18.5. The number of hydrogen-bond donors (Lipinski definition) is 0. The number of hydrogen-bond acceptors (Lipinski definition) is 2. The normalized spacial score (nSPS) is 13.2. The Morgan fingerprint density at radius 2 is 0.396 bits per heavy atom. The van der Waals surface area contributed by atoms with Crippen molar-refractivity contribution in [1.29, 1.82) is 0 Å². The highest BCUT2D eigenvalue weighted by atomic mass is 16.2. The molecule has 0 N–H and O–H groups in total. The Hall–Kier alpha value is -13.4. The van der Waals surface area contributed by atoms with E-state index in [9.17, 15) is 0 Å². The van der Waals surface area contributed by atoms with E-state index >= 15 is 9.59 Å². The highest BCUT2D eigenvalue weighted by Crippen LogP contribution is 2.54. The molecular formula is C90H57N9O2. The SMILES string of the molecule is Cn1c2ccccc2c2cc3c4ccccc4n(-c4c5c(c(-n6c7ccccc7c7cc8c9ccccc9n(C)c8cc76)c(-n6c7ccccc7c7cc8c9ccccc9n(C)c8cc76)c4-n4c6ccccc6c6cc7c8ccccc8n(C)c7cc64)C(=O)N(c4ccccc4)C5=O)c3cc21. The van der Waals surface area contributed by atoms with Crippen LogP contribution in [0.2, 0.25) is 0 Å². The van der Waals surface area contributed by atoms with Gasteiger partial charge < -0.3 is 36.5 Å². The van der Waals surface area contributed by atoms with E-state index in [1.165, 1.54) is 4.90 Å². The molecule has 2 amide bonds. The van der Waals surface area contributed by atoms with E-state index in [-0.39, 0.29) is 11.1 Å². The molecule has 0 atom stereocenters. The molecule has 11 heteroatoms. The number of carbonyl (C=O) groups is 2. The first-order chi connectivity index (χ1) is 49.7. The highest BCUT2D eigenvalue weighted by molar-refractivity contribution is 6.39. The second kappa shape index (κ2) is 19.3. The van der Waals surface area contributed by atoms with Crippen molar-refractivity contribution >= 4 is 192 Å². The number of carbonyl (C=O) groups excluding carboxylic acids is 2. The fraction of sp³-hybridized carbons (Fsp3) is 0.0444. The van der Waals surface area contributed by atoms with E-state index in [4.69, 9.17) is 0 Å². The monoisotopic (exact) mass is 1300 g/mol. The quantitative estimate of drug-likeness (QED) is 0.161. The van der Waals surface area contributed by atoms with Gasteiger partial charge in [-0.05, 0) is 109 Å². The number of rotatable bonds is 5. The first-order valence-corrected chi connectivity index (χ1v) is 34.5. The maximum atomic E-state index is 17.7. The van der Waals surface area contributed by atoms with Gasteiger partial charge in [-0.25, -0.2) is 4.90 Å². The molecule has 1 aliphatic rings. The largest absolute Gasteiger partial charge is 0.344 e. The van der Waals surface area contributed by atoms with Crippen LogP contribution in [0, 0.1) is 0 Å². The van der Waals surface area contributed by atoms with Gasteiger partial charge in [0.25, 0.3) is 11.8 Å². The zero-order chi connectivity index (χ0) is 66.7. The molecule has 0 aliphatic carbocycles. The van der Waals surface area contributed by atoms with Crippen LogP contribution in [0.15, 0.2) is 273 Å². The van der Waals surface area contributed by atoms with Crippen LogP contribution in [0.5, 0.6) is 0 Å². The highest BCUT2D eigenvalue weighted by Gasteiger charge is 2.47. The third kappa shape index (κ3) is 6.77. The van der Waals surface area contributed by atoms with Crippen LogP contribution in [0.3, 0.4) is 0 Å². The van der Waals surface area contributed by atoms with Crippen LogP contribution < -0.4 is 4.90 Å². The van der Waals surface area contributed by atoms with Crippen LogP contribution >= 0.6 is 0 Å². The molecule has 11 nitrogen and oxygen atoms in total. The lowest BCUT2D eigenvalue weighted by Crippen LogP contribution is -2.29. The minimum atomic E-state index is -0.426. The summed E-state index contributed by atoms with van der Waals surface area (Å²) < 4.78 is 18.9. The molecule has 0 spiro atoms. The number of amides is 2. The van der Waals surface area contributed by atoms with Crippen LogP contribution in [0.1, 0.15) is 20.7 Å². The zero-order valence-electron chi connectivity index (χ0n) is 55.3. The second-order valence-corrected chi connectivity index (χ2v) is 27.7.